The molecule has 0 fully saturated rings. The molecule has 0 spiro atoms. The third-order valence-corrected chi connectivity index (χ3v) is 2.14. The summed E-state index contributed by atoms with van der Waals surface area (Å²) in [6, 6.07) is 1.62. The molecule has 0 saturated carbocycles. The van der Waals surface area contributed by atoms with Crippen molar-refractivity contribution in [1.82, 2.24) is 10.5 Å². The average Bonchev–Trinajstić information content (AvgIpc) is 2.51. The van der Waals surface area contributed by atoms with E-state index in [1.54, 1.807) is 13.0 Å². The summed E-state index contributed by atoms with van der Waals surface area (Å²) in [6.45, 7) is 4.44. The minimum Gasteiger partial charge on any atom is -0.351 e. The van der Waals surface area contributed by atoms with Crippen LogP contribution in [-0.4, -0.2) is 22.4 Å². The van der Waals surface area contributed by atoms with Crippen LogP contribution in [0.5, 0.6) is 0 Å². The monoisotopic (exact) mass is 260 g/mol. The zero-order valence-electron chi connectivity index (χ0n) is 8.21. The summed E-state index contributed by atoms with van der Waals surface area (Å²) in [4.78, 5) is 11.8. The Kier molecular flexibility index (Phi) is 4.13. The van der Waals surface area contributed by atoms with Gasteiger partial charge in [0.2, 0.25) is 5.76 Å². The Morgan fingerprint density at radius 2 is 2.50 bits per heavy atom. The lowest BCUT2D eigenvalue weighted by Crippen LogP contribution is -2.25. The average molecular weight is 261 g/mol. The number of carbonyl (C=O) groups is 1. The number of halogens is 1. The van der Waals surface area contributed by atoms with Gasteiger partial charge in [-0.25, -0.2) is 0 Å². The second kappa shape index (κ2) is 5.14. The summed E-state index contributed by atoms with van der Waals surface area (Å²) in [5, 5.41) is 6.38. The zero-order valence-corrected chi connectivity index (χ0v) is 9.80. The van der Waals surface area contributed by atoms with Crippen molar-refractivity contribution < 1.29 is 9.32 Å². The van der Waals surface area contributed by atoms with Gasteiger partial charge in [0.05, 0.1) is 5.69 Å². The van der Waals surface area contributed by atoms with Gasteiger partial charge in [-0.2, -0.15) is 0 Å². The molecule has 1 atom stereocenters. The Balaban J connectivity index is 2.36. The van der Waals surface area contributed by atoms with E-state index in [9.17, 15) is 4.79 Å². The molecule has 5 heteroatoms. The Morgan fingerprint density at radius 1 is 1.79 bits per heavy atom. The highest BCUT2D eigenvalue weighted by Crippen LogP contribution is 2.03. The molecule has 0 radical (unpaired) electrons. The molecule has 0 aromatic carbocycles. The number of nitrogens with one attached hydrogen (secondary N) is 1. The Bertz CT molecular complexity index is 310. The summed E-state index contributed by atoms with van der Waals surface area (Å²) >= 11 is 3.40. The molecule has 0 aliphatic carbocycles. The van der Waals surface area contributed by atoms with Gasteiger partial charge in [0, 0.05) is 17.4 Å². The summed E-state index contributed by atoms with van der Waals surface area (Å²) in [5.74, 6) is 0.0588. The Morgan fingerprint density at radius 3 is 3.00 bits per heavy atom. The molecule has 14 heavy (non-hydrogen) atoms. The van der Waals surface area contributed by atoms with Crippen LogP contribution in [0.4, 0.5) is 0 Å². The number of aromatic nitrogens is 1. The van der Waals surface area contributed by atoms with Crippen molar-refractivity contribution in [2.24, 2.45) is 0 Å². The molecule has 1 aromatic rings. The molecule has 0 aliphatic heterocycles. The molecule has 1 unspecified atom stereocenters. The van der Waals surface area contributed by atoms with Crippen molar-refractivity contribution in [2.45, 2.75) is 25.1 Å². The van der Waals surface area contributed by atoms with Gasteiger partial charge in [-0.3, -0.25) is 4.79 Å². The second-order valence-corrected chi connectivity index (χ2v) is 4.72. The molecular weight excluding hydrogens is 248 g/mol. The third kappa shape index (κ3) is 3.49. The molecule has 1 N–H and O–H groups in total. The SMILES string of the molecule is Cc1cc(C(=O)NCCC(C)Br)on1. The van der Waals surface area contributed by atoms with Crippen molar-refractivity contribution in [3.05, 3.63) is 17.5 Å². The van der Waals surface area contributed by atoms with Crippen LogP contribution in [0.1, 0.15) is 29.6 Å². The molecule has 0 aliphatic rings. The highest BCUT2D eigenvalue weighted by Gasteiger charge is 2.10. The largest absolute Gasteiger partial charge is 0.351 e. The number of aryl methyl sites for hydroxylation is 1. The number of nitrogens with zero attached hydrogens (tertiary/aromatic N) is 1. The van der Waals surface area contributed by atoms with E-state index in [1.807, 2.05) is 6.92 Å². The summed E-state index contributed by atoms with van der Waals surface area (Å²) < 4.78 is 4.81. The van der Waals surface area contributed by atoms with Gasteiger partial charge in [-0.05, 0) is 13.3 Å². The predicted molar refractivity (Wildman–Crippen MR) is 56.6 cm³/mol. The number of rotatable bonds is 4. The van der Waals surface area contributed by atoms with E-state index in [1.165, 1.54) is 0 Å². The van der Waals surface area contributed by atoms with Crippen molar-refractivity contribution in [3.8, 4) is 0 Å². The second-order valence-electron chi connectivity index (χ2n) is 3.16. The van der Waals surface area contributed by atoms with Gasteiger partial charge in [0.1, 0.15) is 0 Å². The molecule has 1 heterocycles. The van der Waals surface area contributed by atoms with Gasteiger partial charge in [0.15, 0.2) is 0 Å². The highest BCUT2D eigenvalue weighted by molar-refractivity contribution is 9.09. The van der Waals surface area contributed by atoms with Crippen LogP contribution in [0.15, 0.2) is 10.6 Å². The first kappa shape index (κ1) is 11.2. The maximum Gasteiger partial charge on any atom is 0.289 e. The van der Waals surface area contributed by atoms with E-state index in [4.69, 9.17) is 4.52 Å². The number of hydrogen-bond donors (Lipinski definition) is 1. The van der Waals surface area contributed by atoms with Gasteiger partial charge < -0.3 is 9.84 Å². The first-order valence-electron chi connectivity index (χ1n) is 4.45. The Hall–Kier alpha value is -0.840. The van der Waals surface area contributed by atoms with Gasteiger partial charge >= 0.3 is 0 Å². The van der Waals surface area contributed by atoms with E-state index >= 15 is 0 Å². The van der Waals surface area contributed by atoms with Crippen LogP contribution in [0.25, 0.3) is 0 Å². The zero-order chi connectivity index (χ0) is 10.6. The van der Waals surface area contributed by atoms with Gasteiger partial charge in [0.25, 0.3) is 5.91 Å². The molecule has 0 bridgehead atoms. The number of amides is 1. The number of hydrogen-bond acceptors (Lipinski definition) is 3. The quantitative estimate of drug-likeness (QED) is 0.842. The molecule has 1 rings (SSSR count). The van der Waals surface area contributed by atoms with Crippen molar-refractivity contribution >= 4 is 21.8 Å². The fourth-order valence-electron chi connectivity index (χ4n) is 0.942. The Labute approximate surface area is 91.2 Å². The van der Waals surface area contributed by atoms with E-state index in [0.717, 1.165) is 6.42 Å². The number of carbonyl (C=O) groups excluding carboxylic acids is 1. The van der Waals surface area contributed by atoms with Crippen molar-refractivity contribution in [1.29, 1.82) is 0 Å². The van der Waals surface area contributed by atoms with Crippen LogP contribution in [-0.2, 0) is 0 Å². The van der Waals surface area contributed by atoms with E-state index in [2.05, 4.69) is 26.4 Å². The lowest BCUT2D eigenvalue weighted by Gasteiger charge is -2.03. The smallest absolute Gasteiger partial charge is 0.289 e. The van der Waals surface area contributed by atoms with Crippen LogP contribution in [0.2, 0.25) is 0 Å². The van der Waals surface area contributed by atoms with Crippen LogP contribution >= 0.6 is 15.9 Å². The van der Waals surface area contributed by atoms with E-state index in [0.29, 0.717) is 17.1 Å². The molecule has 4 nitrogen and oxygen atoms in total. The van der Waals surface area contributed by atoms with Crippen LogP contribution < -0.4 is 5.32 Å². The normalized spacial score (nSPS) is 12.5. The summed E-state index contributed by atoms with van der Waals surface area (Å²) in [7, 11) is 0. The maximum atomic E-state index is 11.4. The minimum absolute atomic E-state index is 0.209. The summed E-state index contributed by atoms with van der Waals surface area (Å²) in [6.07, 6.45) is 0.888. The van der Waals surface area contributed by atoms with E-state index < -0.39 is 0 Å². The molecule has 1 amide bonds. The highest BCUT2D eigenvalue weighted by atomic mass is 79.9. The van der Waals surface area contributed by atoms with Gasteiger partial charge in [-0.1, -0.05) is 28.0 Å². The first-order chi connectivity index (χ1) is 6.59. The molecule has 0 saturated heterocycles. The third-order valence-electron chi connectivity index (χ3n) is 1.68. The minimum atomic E-state index is -0.209. The fraction of sp³-hybridized carbons (Fsp3) is 0.556. The fourth-order valence-corrected chi connectivity index (χ4v) is 1.17. The standard InChI is InChI=1S/C9H13BrN2O2/c1-6(10)3-4-11-9(13)8-5-7(2)12-14-8/h5-6H,3-4H2,1-2H3,(H,11,13). The lowest BCUT2D eigenvalue weighted by molar-refractivity contribution is 0.0916. The summed E-state index contributed by atoms with van der Waals surface area (Å²) in [5.41, 5.74) is 0.712. The van der Waals surface area contributed by atoms with E-state index in [-0.39, 0.29) is 11.7 Å². The molecule has 78 valence electrons. The van der Waals surface area contributed by atoms with Crippen molar-refractivity contribution in [3.63, 3.8) is 0 Å². The molecule has 1 aromatic heterocycles. The number of alkyl halides is 1. The lowest BCUT2D eigenvalue weighted by atomic mass is 10.3. The maximum absolute atomic E-state index is 11.4. The van der Waals surface area contributed by atoms with Crippen molar-refractivity contribution in [2.75, 3.05) is 6.54 Å². The molecular formula is C9H13BrN2O2. The predicted octanol–water partition coefficient (Wildman–Crippen LogP) is 1.89. The van der Waals surface area contributed by atoms with Gasteiger partial charge in [-0.15, -0.1) is 0 Å². The topological polar surface area (TPSA) is 55.1 Å². The first-order valence-corrected chi connectivity index (χ1v) is 5.36. The van der Waals surface area contributed by atoms with Crippen LogP contribution in [0.3, 0.4) is 0 Å². The van der Waals surface area contributed by atoms with Crippen LogP contribution in [0, 0.1) is 6.92 Å².